The zero-order valence-electron chi connectivity index (χ0n) is 11.8. The Bertz CT molecular complexity index is 563. The van der Waals surface area contributed by atoms with Crippen LogP contribution >= 0.6 is 11.6 Å². The number of rotatable bonds is 4. The first kappa shape index (κ1) is 15.6. The third-order valence-electron chi connectivity index (χ3n) is 3.72. The van der Waals surface area contributed by atoms with Crippen molar-refractivity contribution in [2.24, 2.45) is 5.41 Å². The summed E-state index contributed by atoms with van der Waals surface area (Å²) in [5, 5.41) is 12.7. The quantitative estimate of drug-likeness (QED) is 0.926. The lowest BCUT2D eigenvalue weighted by molar-refractivity contribution is -0.132. The van der Waals surface area contributed by atoms with Gasteiger partial charge in [-0.05, 0) is 25.0 Å². The number of hydrogen-bond donors (Lipinski definition) is 1. The normalized spacial score (nSPS) is 16.8. The Balaban J connectivity index is 2.09. The fraction of sp³-hybridized carbons (Fsp3) is 0.467. The second-order valence-corrected chi connectivity index (χ2v) is 5.32. The molecule has 0 saturated carbocycles. The summed E-state index contributed by atoms with van der Waals surface area (Å²) in [5.74, 6) is 0.330. The van der Waals surface area contributed by atoms with Gasteiger partial charge in [0, 0.05) is 30.3 Å². The molecular weight excluding hydrogens is 292 g/mol. The number of benzene rings is 1. The highest BCUT2D eigenvalue weighted by molar-refractivity contribution is 6.31. The van der Waals surface area contributed by atoms with Crippen LogP contribution in [0.2, 0.25) is 5.02 Å². The maximum atomic E-state index is 12.4. The topological polar surface area (TPSA) is 71.3 Å². The van der Waals surface area contributed by atoms with Gasteiger partial charge in [0.25, 0.3) is 0 Å². The number of nitrogens with zero attached hydrogens (tertiary/aromatic N) is 1. The van der Waals surface area contributed by atoms with Crippen LogP contribution in [0, 0.1) is 16.7 Å². The minimum absolute atomic E-state index is 0.228. The van der Waals surface area contributed by atoms with E-state index in [9.17, 15) is 10.1 Å². The van der Waals surface area contributed by atoms with Gasteiger partial charge >= 0.3 is 0 Å². The predicted molar refractivity (Wildman–Crippen MR) is 77.9 cm³/mol. The largest absolute Gasteiger partial charge is 0.496 e. The van der Waals surface area contributed by atoms with Crippen molar-refractivity contribution in [2.45, 2.75) is 19.4 Å². The molecule has 2 rings (SSSR count). The first-order valence-corrected chi connectivity index (χ1v) is 7.09. The lowest BCUT2D eigenvalue weighted by Gasteiger charge is -2.29. The molecule has 1 aromatic carbocycles. The van der Waals surface area contributed by atoms with Crippen LogP contribution in [0.15, 0.2) is 18.2 Å². The molecule has 0 spiro atoms. The first-order chi connectivity index (χ1) is 10.1. The molecule has 1 fully saturated rings. The zero-order chi connectivity index (χ0) is 15.3. The van der Waals surface area contributed by atoms with Crippen LogP contribution in [0.3, 0.4) is 0 Å². The molecule has 1 amide bonds. The molecule has 0 atom stereocenters. The van der Waals surface area contributed by atoms with Crippen molar-refractivity contribution < 1.29 is 14.3 Å². The van der Waals surface area contributed by atoms with E-state index in [4.69, 9.17) is 21.1 Å². The first-order valence-electron chi connectivity index (χ1n) is 6.71. The van der Waals surface area contributed by atoms with Crippen molar-refractivity contribution in [3.05, 3.63) is 28.8 Å². The van der Waals surface area contributed by atoms with Crippen molar-refractivity contribution in [3.8, 4) is 11.8 Å². The van der Waals surface area contributed by atoms with E-state index < -0.39 is 5.41 Å². The van der Waals surface area contributed by atoms with E-state index in [-0.39, 0.29) is 12.5 Å². The highest BCUT2D eigenvalue weighted by Crippen LogP contribution is 2.31. The third kappa shape index (κ3) is 3.29. The number of nitrogens with one attached hydrogen (secondary N) is 1. The molecule has 1 heterocycles. The molecule has 112 valence electrons. The molecule has 0 bridgehead atoms. The molecule has 5 nitrogen and oxygen atoms in total. The highest BCUT2D eigenvalue weighted by Gasteiger charge is 2.40. The maximum Gasteiger partial charge on any atom is 0.240 e. The van der Waals surface area contributed by atoms with E-state index in [1.54, 1.807) is 25.3 Å². The Hall–Kier alpha value is -1.77. The number of ether oxygens (including phenoxy) is 2. The van der Waals surface area contributed by atoms with E-state index >= 15 is 0 Å². The fourth-order valence-electron chi connectivity index (χ4n) is 2.35. The van der Waals surface area contributed by atoms with Gasteiger partial charge < -0.3 is 14.8 Å². The molecule has 6 heteroatoms. The molecule has 0 radical (unpaired) electrons. The van der Waals surface area contributed by atoms with Gasteiger partial charge in [0.15, 0.2) is 0 Å². The van der Waals surface area contributed by atoms with Gasteiger partial charge in [-0.1, -0.05) is 17.7 Å². The predicted octanol–water partition coefficient (Wildman–Crippen LogP) is 2.29. The van der Waals surface area contributed by atoms with Crippen molar-refractivity contribution in [1.82, 2.24) is 5.32 Å². The van der Waals surface area contributed by atoms with Crippen molar-refractivity contribution in [2.75, 3.05) is 20.3 Å². The summed E-state index contributed by atoms with van der Waals surface area (Å²) in [4.78, 5) is 12.4. The Morgan fingerprint density at radius 3 is 2.86 bits per heavy atom. The fourth-order valence-corrected chi connectivity index (χ4v) is 2.58. The Kier molecular flexibility index (Phi) is 5.05. The highest BCUT2D eigenvalue weighted by atomic mass is 35.5. The molecule has 0 unspecified atom stereocenters. The molecule has 1 aliphatic rings. The second kappa shape index (κ2) is 6.79. The lowest BCUT2D eigenvalue weighted by atomic mass is 9.81. The van der Waals surface area contributed by atoms with E-state index in [0.717, 1.165) is 0 Å². The third-order valence-corrected chi connectivity index (χ3v) is 4.07. The molecule has 1 N–H and O–H groups in total. The molecule has 21 heavy (non-hydrogen) atoms. The summed E-state index contributed by atoms with van der Waals surface area (Å²) in [6, 6.07) is 7.44. The van der Waals surface area contributed by atoms with Gasteiger partial charge in [0.1, 0.15) is 11.2 Å². The zero-order valence-corrected chi connectivity index (χ0v) is 12.6. The van der Waals surface area contributed by atoms with Crippen LogP contribution in [-0.2, 0) is 16.1 Å². The molecule has 1 saturated heterocycles. The van der Waals surface area contributed by atoms with Crippen molar-refractivity contribution >= 4 is 17.5 Å². The second-order valence-electron chi connectivity index (χ2n) is 4.91. The smallest absolute Gasteiger partial charge is 0.240 e. The SMILES string of the molecule is COc1cccc(Cl)c1CNC(=O)C1(C#N)CCOCC1. The number of carbonyl (C=O) groups excluding carboxylic acids is 1. The van der Waals surface area contributed by atoms with Gasteiger partial charge in [-0.3, -0.25) is 4.79 Å². The van der Waals surface area contributed by atoms with E-state index in [2.05, 4.69) is 11.4 Å². The molecule has 1 aromatic rings. The number of nitriles is 1. The number of halogens is 1. The van der Waals surface area contributed by atoms with Gasteiger partial charge in [0.2, 0.25) is 5.91 Å². The van der Waals surface area contributed by atoms with Crippen LogP contribution in [0.25, 0.3) is 0 Å². The lowest BCUT2D eigenvalue weighted by Crippen LogP contribution is -2.43. The molecule has 1 aliphatic heterocycles. The average molecular weight is 309 g/mol. The van der Waals surface area contributed by atoms with Gasteiger partial charge in [-0.15, -0.1) is 0 Å². The number of hydrogen-bond acceptors (Lipinski definition) is 4. The minimum Gasteiger partial charge on any atom is -0.496 e. The Labute approximate surface area is 128 Å². The van der Waals surface area contributed by atoms with Crippen LogP contribution < -0.4 is 10.1 Å². The summed E-state index contributed by atoms with van der Waals surface area (Å²) in [7, 11) is 1.55. The van der Waals surface area contributed by atoms with Crippen LogP contribution in [-0.4, -0.2) is 26.2 Å². The molecule has 0 aliphatic carbocycles. The summed E-state index contributed by atoms with van der Waals surface area (Å²) >= 11 is 6.13. The number of methoxy groups -OCH3 is 1. The summed E-state index contributed by atoms with van der Waals surface area (Å²) < 4.78 is 10.5. The molecule has 0 aromatic heterocycles. The summed E-state index contributed by atoms with van der Waals surface area (Å²) in [6.45, 7) is 1.08. The van der Waals surface area contributed by atoms with Crippen LogP contribution in [0.4, 0.5) is 0 Å². The Morgan fingerprint density at radius 2 is 2.24 bits per heavy atom. The standard InChI is InChI=1S/C15H17ClN2O3/c1-20-13-4-2-3-12(16)11(13)9-18-14(19)15(10-17)5-7-21-8-6-15/h2-4H,5-9H2,1H3,(H,18,19). The summed E-state index contributed by atoms with van der Waals surface area (Å²) in [6.07, 6.45) is 0.823. The number of carbonyl (C=O) groups is 1. The minimum atomic E-state index is -1.01. The maximum absolute atomic E-state index is 12.4. The van der Waals surface area contributed by atoms with E-state index in [0.29, 0.717) is 42.4 Å². The van der Waals surface area contributed by atoms with Crippen LogP contribution in [0.1, 0.15) is 18.4 Å². The van der Waals surface area contributed by atoms with Crippen molar-refractivity contribution in [3.63, 3.8) is 0 Å². The monoisotopic (exact) mass is 308 g/mol. The average Bonchev–Trinajstić information content (AvgIpc) is 2.53. The number of amides is 1. The van der Waals surface area contributed by atoms with Crippen molar-refractivity contribution in [1.29, 1.82) is 5.26 Å². The van der Waals surface area contributed by atoms with Crippen LogP contribution in [0.5, 0.6) is 5.75 Å². The van der Waals surface area contributed by atoms with E-state index in [1.165, 1.54) is 0 Å². The van der Waals surface area contributed by atoms with E-state index in [1.807, 2.05) is 0 Å². The molecular formula is C15H17ClN2O3. The van der Waals surface area contributed by atoms with Gasteiger partial charge in [-0.2, -0.15) is 5.26 Å². The Morgan fingerprint density at radius 1 is 1.52 bits per heavy atom. The summed E-state index contributed by atoms with van der Waals surface area (Å²) in [5.41, 5.74) is -0.303. The van der Waals surface area contributed by atoms with Gasteiger partial charge in [-0.25, -0.2) is 0 Å². The van der Waals surface area contributed by atoms with Gasteiger partial charge in [0.05, 0.1) is 13.2 Å².